The van der Waals surface area contributed by atoms with E-state index < -0.39 is 0 Å². The van der Waals surface area contributed by atoms with Crippen LogP contribution in [-0.2, 0) is 16.1 Å². The molecule has 4 aliphatic rings. The number of pyridine rings is 1. The normalized spacial score (nSPS) is 21.3. The van der Waals surface area contributed by atoms with Crippen LogP contribution in [0.4, 0.5) is 5.69 Å². The van der Waals surface area contributed by atoms with E-state index in [1.165, 1.54) is 6.33 Å². The third kappa shape index (κ3) is 7.26. The number of aromatic nitrogens is 3. The maximum absolute atomic E-state index is 13.7. The number of piperazine rings is 1. The van der Waals surface area contributed by atoms with Gasteiger partial charge >= 0.3 is 0 Å². The fourth-order valence-corrected chi connectivity index (χ4v) is 6.97. The summed E-state index contributed by atoms with van der Waals surface area (Å²) in [6.45, 7) is 9.43. The minimum Gasteiger partial charge on any atom is -0.337 e. The first kappa shape index (κ1) is 29.7. The fourth-order valence-electron chi connectivity index (χ4n) is 6.97. The molecule has 12 heteroatoms. The van der Waals surface area contributed by atoms with Crippen molar-refractivity contribution in [3.63, 3.8) is 0 Å². The highest BCUT2D eigenvalue weighted by Gasteiger charge is 2.48. The molecule has 0 radical (unpaired) electrons. The molecule has 1 spiro atoms. The van der Waals surface area contributed by atoms with Crippen LogP contribution in [0, 0.1) is 11.3 Å². The van der Waals surface area contributed by atoms with E-state index in [4.69, 9.17) is 0 Å². The van der Waals surface area contributed by atoms with Gasteiger partial charge in [0, 0.05) is 77.8 Å². The zero-order valence-corrected chi connectivity index (χ0v) is 24.8. The van der Waals surface area contributed by atoms with Crippen LogP contribution in [0.15, 0.2) is 30.9 Å². The van der Waals surface area contributed by atoms with Crippen molar-refractivity contribution >= 4 is 23.8 Å². The Bertz CT molecular complexity index is 1260. The Balaban J connectivity index is 1.06. The molecular formula is C31H43N9O3. The van der Waals surface area contributed by atoms with Crippen molar-refractivity contribution in [3.05, 3.63) is 47.8 Å². The summed E-state index contributed by atoms with van der Waals surface area (Å²) < 4.78 is 0. The van der Waals surface area contributed by atoms with E-state index in [9.17, 15) is 14.4 Å². The lowest BCUT2D eigenvalue weighted by Crippen LogP contribution is -2.59. The Labute approximate surface area is 253 Å². The molecular weight excluding hydrogens is 546 g/mol. The number of anilines is 1. The van der Waals surface area contributed by atoms with Gasteiger partial charge in [0.1, 0.15) is 12.6 Å². The number of amides is 2. The van der Waals surface area contributed by atoms with Crippen LogP contribution in [0.5, 0.6) is 0 Å². The van der Waals surface area contributed by atoms with Crippen molar-refractivity contribution in [1.82, 2.24) is 40.3 Å². The minimum absolute atomic E-state index is 0.0921. The summed E-state index contributed by atoms with van der Waals surface area (Å²) in [6.07, 6.45) is 10.1. The number of aldehydes is 1. The summed E-state index contributed by atoms with van der Waals surface area (Å²) in [6, 6.07) is 3.78. The Hall–Kier alpha value is -3.32. The van der Waals surface area contributed by atoms with E-state index in [1.54, 1.807) is 12.3 Å². The highest BCUT2D eigenvalue weighted by atomic mass is 16.2. The molecule has 0 bridgehead atoms. The van der Waals surface area contributed by atoms with Gasteiger partial charge in [-0.05, 0) is 60.6 Å². The Morgan fingerprint density at radius 2 is 1.81 bits per heavy atom. The molecule has 3 aliphatic heterocycles. The van der Waals surface area contributed by atoms with Crippen LogP contribution in [0.25, 0.3) is 0 Å². The van der Waals surface area contributed by atoms with Gasteiger partial charge in [0.15, 0.2) is 5.69 Å². The summed E-state index contributed by atoms with van der Waals surface area (Å²) in [5.41, 5.74) is 3.12. The van der Waals surface area contributed by atoms with E-state index in [0.29, 0.717) is 54.8 Å². The van der Waals surface area contributed by atoms with Gasteiger partial charge in [-0.1, -0.05) is 0 Å². The molecule has 3 saturated heterocycles. The first-order valence-corrected chi connectivity index (χ1v) is 15.6. The molecule has 230 valence electrons. The lowest BCUT2D eigenvalue weighted by Gasteiger charge is -2.54. The maximum Gasteiger partial charge on any atom is 0.274 e. The summed E-state index contributed by atoms with van der Waals surface area (Å²) in [4.78, 5) is 56.9. The van der Waals surface area contributed by atoms with Crippen molar-refractivity contribution in [1.29, 1.82) is 0 Å². The number of hydrogen-bond donors (Lipinski definition) is 3. The number of hydrogen-bond acceptors (Lipinski definition) is 10. The second-order valence-electron chi connectivity index (χ2n) is 12.7. The SMILES string of the molecule is O=CCN1CCN(CC2CCN(C(=O)c3ncc(C4CC5(CNC5)C4)cc3NC(=O)CNCc3ccncn3)CC2)CC1. The number of rotatable bonds is 11. The van der Waals surface area contributed by atoms with Crippen molar-refractivity contribution < 1.29 is 14.4 Å². The number of nitrogens with zero attached hydrogens (tertiary/aromatic N) is 6. The van der Waals surface area contributed by atoms with Gasteiger partial charge in [0.05, 0.1) is 24.5 Å². The molecule has 4 fully saturated rings. The first-order valence-electron chi connectivity index (χ1n) is 15.6. The molecule has 2 aromatic heterocycles. The molecule has 0 aromatic carbocycles. The van der Waals surface area contributed by atoms with Crippen LogP contribution in [-0.4, -0.2) is 120 Å². The van der Waals surface area contributed by atoms with Gasteiger partial charge in [-0.25, -0.2) is 15.0 Å². The van der Waals surface area contributed by atoms with Crippen molar-refractivity contribution in [2.45, 2.75) is 38.1 Å². The van der Waals surface area contributed by atoms with E-state index in [-0.39, 0.29) is 18.4 Å². The van der Waals surface area contributed by atoms with Gasteiger partial charge in [0.25, 0.3) is 5.91 Å². The summed E-state index contributed by atoms with van der Waals surface area (Å²) in [5, 5.41) is 9.50. The molecule has 6 rings (SSSR count). The van der Waals surface area contributed by atoms with Gasteiger partial charge < -0.3 is 30.5 Å². The lowest BCUT2D eigenvalue weighted by atomic mass is 9.57. The van der Waals surface area contributed by atoms with Gasteiger partial charge in [-0.3, -0.25) is 14.5 Å². The molecule has 43 heavy (non-hydrogen) atoms. The van der Waals surface area contributed by atoms with E-state index >= 15 is 0 Å². The largest absolute Gasteiger partial charge is 0.337 e. The Kier molecular flexibility index (Phi) is 9.37. The third-order valence-corrected chi connectivity index (χ3v) is 9.67. The molecule has 3 N–H and O–H groups in total. The zero-order valence-electron chi connectivity index (χ0n) is 24.8. The smallest absolute Gasteiger partial charge is 0.274 e. The fraction of sp³-hybridized carbons (Fsp3) is 0.613. The third-order valence-electron chi connectivity index (χ3n) is 9.67. The average Bonchev–Trinajstić information content (AvgIpc) is 2.98. The van der Waals surface area contributed by atoms with Gasteiger partial charge in [0.2, 0.25) is 5.91 Å². The summed E-state index contributed by atoms with van der Waals surface area (Å²) in [5.74, 6) is 0.609. The van der Waals surface area contributed by atoms with Crippen LogP contribution in [0.1, 0.15) is 53.3 Å². The predicted octanol–water partition coefficient (Wildman–Crippen LogP) is 0.736. The quantitative estimate of drug-likeness (QED) is 0.322. The standard InChI is InChI=1S/C31H43N9O3/c41-12-11-38-7-9-39(10-8-38)19-23-2-5-40(6-3-23)30(43)29-27(37-28(42)18-33-17-26-1-4-32-22-36-26)13-24(16-35-29)25-14-31(15-25)20-34-21-31/h1,4,12-13,16,22-23,25,33-34H,2-3,5-11,14-15,17-21H2,(H,37,42). The molecule has 2 amide bonds. The monoisotopic (exact) mass is 589 g/mol. The molecule has 2 aromatic rings. The van der Waals surface area contributed by atoms with Gasteiger partial charge in [-0.15, -0.1) is 0 Å². The zero-order chi connectivity index (χ0) is 29.6. The van der Waals surface area contributed by atoms with E-state index in [1.807, 2.05) is 17.2 Å². The van der Waals surface area contributed by atoms with Gasteiger partial charge in [-0.2, -0.15) is 0 Å². The number of carbonyl (C=O) groups excluding carboxylic acids is 3. The Morgan fingerprint density at radius 1 is 1.05 bits per heavy atom. The summed E-state index contributed by atoms with van der Waals surface area (Å²) in [7, 11) is 0. The molecule has 1 aliphatic carbocycles. The Morgan fingerprint density at radius 3 is 2.49 bits per heavy atom. The van der Waals surface area contributed by atoms with Crippen LogP contribution in [0.2, 0.25) is 0 Å². The second kappa shape index (κ2) is 13.5. The summed E-state index contributed by atoms with van der Waals surface area (Å²) >= 11 is 0. The van der Waals surface area contributed by atoms with Crippen molar-refractivity contribution in [2.75, 3.05) is 77.3 Å². The molecule has 0 atom stereocenters. The van der Waals surface area contributed by atoms with Crippen LogP contribution < -0.4 is 16.0 Å². The average molecular weight is 590 g/mol. The molecule has 1 saturated carbocycles. The van der Waals surface area contributed by atoms with Crippen molar-refractivity contribution in [3.8, 4) is 0 Å². The number of likely N-dealkylation sites (tertiary alicyclic amines) is 1. The van der Waals surface area contributed by atoms with Crippen molar-refractivity contribution in [2.24, 2.45) is 11.3 Å². The second-order valence-corrected chi connectivity index (χ2v) is 12.7. The predicted molar refractivity (Wildman–Crippen MR) is 161 cm³/mol. The lowest BCUT2D eigenvalue weighted by molar-refractivity contribution is -0.115. The number of piperidine rings is 1. The molecule has 0 unspecified atom stereocenters. The topological polar surface area (TPSA) is 136 Å². The highest BCUT2D eigenvalue weighted by molar-refractivity contribution is 6.02. The van der Waals surface area contributed by atoms with Crippen LogP contribution >= 0.6 is 0 Å². The molecule has 5 heterocycles. The van der Waals surface area contributed by atoms with E-state index in [0.717, 1.165) is 89.0 Å². The number of nitrogens with one attached hydrogen (secondary N) is 3. The van der Waals surface area contributed by atoms with E-state index in [2.05, 4.69) is 40.7 Å². The minimum atomic E-state index is -0.220. The maximum atomic E-state index is 13.7. The highest BCUT2D eigenvalue weighted by Crippen LogP contribution is 2.53. The first-order chi connectivity index (χ1) is 21.0. The molecule has 12 nitrogen and oxygen atoms in total. The number of carbonyl (C=O) groups is 3. The van der Waals surface area contributed by atoms with Crippen LogP contribution in [0.3, 0.4) is 0 Å².